The van der Waals surface area contributed by atoms with E-state index >= 15 is 0 Å². The van der Waals surface area contributed by atoms with Crippen LogP contribution in [0.5, 0.6) is 0 Å². The predicted molar refractivity (Wildman–Crippen MR) is 148 cm³/mol. The molecule has 6 aliphatic rings. The number of nitrogens with zero attached hydrogens (tertiary/aromatic N) is 1. The summed E-state index contributed by atoms with van der Waals surface area (Å²) in [6, 6.07) is 0. The summed E-state index contributed by atoms with van der Waals surface area (Å²) >= 11 is 0. The summed E-state index contributed by atoms with van der Waals surface area (Å²) < 4.78 is 26.5. The fourth-order valence-electron chi connectivity index (χ4n) is 10.5. The molecule has 6 rings (SSSR count). The van der Waals surface area contributed by atoms with Crippen molar-refractivity contribution in [1.29, 1.82) is 0 Å². The number of aliphatic hydroxyl groups is 3. The standard InChI is InChI=1S/C32H52FNO6/c1-31-14-12-21(39-30-26(33)28(37)27(36)25(18-35)40-30)17-20(31)10-11-22-23(31)13-15-32(2)24(22)9-6-16-34(32)29(38)19-7-4-3-5-8-19/h19-28,30,35-37H,3-18H2,1-2H3/t20?,21-,22+,23-,24-,25+,26+,27-,28+,30?,31-,32-/m0/s1. The van der Waals surface area contributed by atoms with E-state index in [9.17, 15) is 24.5 Å². The van der Waals surface area contributed by atoms with Crippen LogP contribution in [0.4, 0.5) is 4.39 Å². The highest BCUT2D eigenvalue weighted by Gasteiger charge is 2.60. The largest absolute Gasteiger partial charge is 0.394 e. The van der Waals surface area contributed by atoms with Gasteiger partial charge >= 0.3 is 0 Å². The zero-order valence-electron chi connectivity index (χ0n) is 24.6. The smallest absolute Gasteiger partial charge is 0.226 e. The molecule has 7 nitrogen and oxygen atoms in total. The Kier molecular flexibility index (Phi) is 8.32. The van der Waals surface area contributed by atoms with Crippen molar-refractivity contribution in [3.05, 3.63) is 0 Å². The number of hydrogen-bond acceptors (Lipinski definition) is 6. The molecule has 4 saturated carbocycles. The van der Waals surface area contributed by atoms with E-state index in [0.717, 1.165) is 57.9 Å². The fraction of sp³-hybridized carbons (Fsp3) is 0.969. The fourth-order valence-corrected chi connectivity index (χ4v) is 10.5. The van der Waals surface area contributed by atoms with Crippen LogP contribution in [0.15, 0.2) is 0 Å². The van der Waals surface area contributed by atoms with Gasteiger partial charge < -0.3 is 29.7 Å². The summed E-state index contributed by atoms with van der Waals surface area (Å²) in [6.07, 6.45) is 8.03. The molecule has 4 aliphatic carbocycles. The first-order valence-corrected chi connectivity index (χ1v) is 16.4. The second kappa shape index (κ2) is 11.4. The molecule has 2 heterocycles. The van der Waals surface area contributed by atoms with Gasteiger partial charge in [0.2, 0.25) is 5.91 Å². The Morgan fingerprint density at radius 2 is 1.73 bits per heavy atom. The topological polar surface area (TPSA) is 99.5 Å². The van der Waals surface area contributed by atoms with Gasteiger partial charge in [0, 0.05) is 18.0 Å². The monoisotopic (exact) mass is 565 g/mol. The first kappa shape index (κ1) is 29.3. The van der Waals surface area contributed by atoms with E-state index in [1.165, 1.54) is 38.5 Å². The Hall–Kier alpha value is -0.800. The summed E-state index contributed by atoms with van der Waals surface area (Å²) in [5.41, 5.74) is 0.201. The zero-order chi connectivity index (χ0) is 28.2. The molecular weight excluding hydrogens is 513 g/mol. The molecule has 2 aliphatic heterocycles. The zero-order valence-corrected chi connectivity index (χ0v) is 24.6. The third kappa shape index (κ3) is 4.86. The Morgan fingerprint density at radius 1 is 0.950 bits per heavy atom. The molecule has 228 valence electrons. The van der Waals surface area contributed by atoms with Gasteiger partial charge in [-0.15, -0.1) is 0 Å². The van der Waals surface area contributed by atoms with Crippen molar-refractivity contribution in [1.82, 2.24) is 4.90 Å². The van der Waals surface area contributed by atoms with Crippen molar-refractivity contribution in [2.24, 2.45) is 35.0 Å². The molecule has 0 radical (unpaired) electrons. The van der Waals surface area contributed by atoms with Crippen molar-refractivity contribution >= 4 is 5.91 Å². The minimum atomic E-state index is -1.84. The first-order chi connectivity index (χ1) is 19.2. The van der Waals surface area contributed by atoms with Crippen LogP contribution in [-0.2, 0) is 14.3 Å². The van der Waals surface area contributed by atoms with Gasteiger partial charge in [0.05, 0.1) is 12.7 Å². The normalized spacial score (nSPS) is 50.0. The molecule has 40 heavy (non-hydrogen) atoms. The molecule has 2 unspecified atom stereocenters. The molecule has 1 amide bonds. The number of fused-ring (bicyclic) bond motifs is 5. The highest BCUT2D eigenvalue weighted by atomic mass is 19.1. The Morgan fingerprint density at radius 3 is 2.48 bits per heavy atom. The maximum Gasteiger partial charge on any atom is 0.226 e. The molecule has 6 fully saturated rings. The summed E-state index contributed by atoms with van der Waals surface area (Å²) in [4.78, 5) is 16.2. The van der Waals surface area contributed by atoms with Crippen molar-refractivity contribution in [2.45, 2.75) is 146 Å². The summed E-state index contributed by atoms with van der Waals surface area (Å²) in [5.74, 6) is 3.04. The van der Waals surface area contributed by atoms with E-state index in [1.807, 2.05) is 0 Å². The minimum Gasteiger partial charge on any atom is -0.394 e. The van der Waals surface area contributed by atoms with E-state index in [2.05, 4.69) is 18.7 Å². The average molecular weight is 566 g/mol. The van der Waals surface area contributed by atoms with Crippen LogP contribution in [0.3, 0.4) is 0 Å². The van der Waals surface area contributed by atoms with Gasteiger partial charge in [-0.3, -0.25) is 4.79 Å². The molecule has 2 saturated heterocycles. The maximum absolute atomic E-state index is 14.8. The lowest BCUT2D eigenvalue weighted by molar-refractivity contribution is -0.303. The number of halogens is 1. The van der Waals surface area contributed by atoms with Gasteiger partial charge in [-0.25, -0.2) is 4.39 Å². The van der Waals surface area contributed by atoms with Crippen LogP contribution in [0.25, 0.3) is 0 Å². The maximum atomic E-state index is 14.8. The van der Waals surface area contributed by atoms with Crippen LogP contribution >= 0.6 is 0 Å². The van der Waals surface area contributed by atoms with Crippen LogP contribution in [0.2, 0.25) is 0 Å². The molecule has 0 aromatic rings. The molecular formula is C32H52FNO6. The predicted octanol–water partition coefficient (Wildman–Crippen LogP) is 4.35. The molecule has 0 bridgehead atoms. The highest BCUT2D eigenvalue weighted by Crippen LogP contribution is 2.63. The van der Waals surface area contributed by atoms with Crippen molar-refractivity contribution in [3.63, 3.8) is 0 Å². The molecule has 8 heteroatoms. The summed E-state index contributed by atoms with van der Waals surface area (Å²) in [5, 5.41) is 29.6. The SMILES string of the molecule is C[C@]12CC[C@H](OC3O[C@H](CO)[C@H](O)[C@H](O)[C@H]3F)CC1CC[C@@H]1[C@@H]2CC[C@@]2(C)[C@H]1CCCN2C(=O)C1CCCCC1. The number of aliphatic hydroxyl groups excluding tert-OH is 3. The summed E-state index contributed by atoms with van der Waals surface area (Å²) in [7, 11) is 0. The van der Waals surface area contributed by atoms with E-state index < -0.39 is 37.4 Å². The van der Waals surface area contributed by atoms with Gasteiger partial charge in [-0.05, 0) is 107 Å². The van der Waals surface area contributed by atoms with Crippen LogP contribution in [-0.4, -0.2) is 81.7 Å². The third-order valence-corrected chi connectivity index (χ3v) is 12.8. The molecule has 12 atom stereocenters. The van der Waals surface area contributed by atoms with Crippen molar-refractivity contribution in [2.75, 3.05) is 13.2 Å². The van der Waals surface area contributed by atoms with Gasteiger partial charge in [0.15, 0.2) is 12.5 Å². The number of carbonyl (C=O) groups excluding carboxylic acids is 1. The van der Waals surface area contributed by atoms with Gasteiger partial charge in [0.25, 0.3) is 0 Å². The van der Waals surface area contributed by atoms with Crippen LogP contribution in [0, 0.1) is 35.0 Å². The Bertz CT molecular complexity index is 914. The lowest BCUT2D eigenvalue weighted by Crippen LogP contribution is -2.65. The van der Waals surface area contributed by atoms with Gasteiger partial charge in [-0.1, -0.05) is 26.2 Å². The Balaban J connectivity index is 1.12. The van der Waals surface area contributed by atoms with E-state index in [1.54, 1.807) is 0 Å². The average Bonchev–Trinajstić information content (AvgIpc) is 2.97. The number of carbonyl (C=O) groups is 1. The molecule has 3 N–H and O–H groups in total. The quantitative estimate of drug-likeness (QED) is 0.439. The van der Waals surface area contributed by atoms with Gasteiger partial charge in [0.1, 0.15) is 18.3 Å². The van der Waals surface area contributed by atoms with Crippen LogP contribution in [0.1, 0.15) is 104 Å². The molecule has 0 spiro atoms. The van der Waals surface area contributed by atoms with E-state index in [-0.39, 0.29) is 23.0 Å². The number of ether oxygens (including phenoxy) is 2. The van der Waals surface area contributed by atoms with Crippen molar-refractivity contribution in [3.8, 4) is 0 Å². The first-order valence-electron chi connectivity index (χ1n) is 16.4. The van der Waals surface area contributed by atoms with Gasteiger partial charge in [-0.2, -0.15) is 0 Å². The Labute approximate surface area is 239 Å². The number of amides is 1. The number of likely N-dealkylation sites (tertiary alicyclic amines) is 1. The van der Waals surface area contributed by atoms with E-state index in [4.69, 9.17) is 9.47 Å². The lowest BCUT2D eigenvalue weighted by Gasteiger charge is -2.64. The number of hydrogen-bond donors (Lipinski definition) is 3. The van der Waals surface area contributed by atoms with E-state index in [0.29, 0.717) is 29.6 Å². The summed E-state index contributed by atoms with van der Waals surface area (Å²) in [6.45, 7) is 5.33. The molecule has 0 aromatic carbocycles. The molecule has 0 aromatic heterocycles. The number of piperidine rings is 1. The second-order valence-electron chi connectivity index (χ2n) is 14.7. The number of rotatable bonds is 4. The minimum absolute atomic E-state index is 0.0133. The second-order valence-corrected chi connectivity index (χ2v) is 14.7. The van der Waals surface area contributed by atoms with Crippen LogP contribution < -0.4 is 0 Å². The third-order valence-electron chi connectivity index (χ3n) is 12.8. The highest BCUT2D eigenvalue weighted by molar-refractivity contribution is 5.80. The lowest BCUT2D eigenvalue weighted by atomic mass is 9.45. The van der Waals surface area contributed by atoms with Crippen molar-refractivity contribution < 1.29 is 34.0 Å². The number of alkyl halides is 1.